The maximum Gasteiger partial charge on any atom is 0.321 e. The SMILES string of the molecule is C[C@H]1CN2CCC[C@H]2CN1C(=O)N1Cc2c(NC(=O)c3ccc(F)cn3)n[nH]c2C1(C)C. The molecule has 3 aliphatic rings. The summed E-state index contributed by atoms with van der Waals surface area (Å²) in [5, 5.41) is 10.0. The second kappa shape index (κ2) is 7.54. The molecule has 5 rings (SSSR count). The Morgan fingerprint density at radius 1 is 1.28 bits per heavy atom. The van der Waals surface area contributed by atoms with Gasteiger partial charge in [-0.2, -0.15) is 5.10 Å². The lowest BCUT2D eigenvalue weighted by Crippen LogP contribution is -2.60. The molecule has 2 aromatic heterocycles. The molecule has 0 aliphatic carbocycles. The average molecular weight is 442 g/mol. The molecule has 0 bridgehead atoms. The van der Waals surface area contributed by atoms with Gasteiger partial charge in [-0.15, -0.1) is 0 Å². The van der Waals surface area contributed by atoms with Crippen LogP contribution in [0.5, 0.6) is 0 Å². The summed E-state index contributed by atoms with van der Waals surface area (Å²) < 4.78 is 13.1. The Kier molecular flexibility index (Phi) is 4.92. The molecule has 5 heterocycles. The second-order valence-electron chi connectivity index (χ2n) is 9.46. The average Bonchev–Trinajstić information content (AvgIpc) is 3.43. The molecule has 9 nitrogen and oxygen atoms in total. The highest BCUT2D eigenvalue weighted by atomic mass is 19.1. The van der Waals surface area contributed by atoms with E-state index in [0.29, 0.717) is 18.4 Å². The van der Waals surface area contributed by atoms with E-state index in [1.807, 2.05) is 23.6 Å². The van der Waals surface area contributed by atoms with Crippen LogP contribution in [0.25, 0.3) is 0 Å². The van der Waals surface area contributed by atoms with Crippen LogP contribution in [0.4, 0.5) is 15.0 Å². The van der Waals surface area contributed by atoms with Gasteiger partial charge in [-0.05, 0) is 52.3 Å². The molecule has 32 heavy (non-hydrogen) atoms. The van der Waals surface area contributed by atoms with Gasteiger partial charge < -0.3 is 15.1 Å². The van der Waals surface area contributed by atoms with E-state index in [-0.39, 0.29) is 17.8 Å². The van der Waals surface area contributed by atoms with Gasteiger partial charge in [-0.3, -0.25) is 14.8 Å². The highest BCUT2D eigenvalue weighted by molar-refractivity contribution is 6.02. The summed E-state index contributed by atoms with van der Waals surface area (Å²) >= 11 is 0. The molecule has 2 fully saturated rings. The molecule has 3 amide bonds. The third-order valence-corrected chi connectivity index (χ3v) is 7.08. The van der Waals surface area contributed by atoms with Crippen LogP contribution < -0.4 is 5.32 Å². The predicted molar refractivity (Wildman–Crippen MR) is 115 cm³/mol. The lowest BCUT2D eigenvalue weighted by molar-refractivity contribution is 0.0454. The van der Waals surface area contributed by atoms with Crippen molar-refractivity contribution in [1.29, 1.82) is 0 Å². The molecule has 10 heteroatoms. The molecule has 2 aromatic rings. The van der Waals surface area contributed by atoms with Crippen LogP contribution in [0.1, 0.15) is 55.4 Å². The van der Waals surface area contributed by atoms with E-state index < -0.39 is 17.3 Å². The molecule has 2 N–H and O–H groups in total. The number of hydrogen-bond donors (Lipinski definition) is 2. The first kappa shape index (κ1) is 20.9. The fraction of sp³-hybridized carbons (Fsp3) is 0.545. The quantitative estimate of drug-likeness (QED) is 0.747. The van der Waals surface area contributed by atoms with Crippen LogP contribution in [-0.2, 0) is 12.1 Å². The Bertz CT molecular complexity index is 1050. The van der Waals surface area contributed by atoms with Crippen LogP contribution in [0, 0.1) is 5.82 Å². The lowest BCUT2D eigenvalue weighted by Gasteiger charge is -2.45. The number of hydrogen-bond acceptors (Lipinski definition) is 5. The number of anilines is 1. The minimum absolute atomic E-state index is 0.0103. The van der Waals surface area contributed by atoms with Gasteiger partial charge in [-0.25, -0.2) is 14.2 Å². The number of piperazine rings is 1. The molecule has 0 saturated carbocycles. The lowest BCUT2D eigenvalue weighted by atomic mass is 10.0. The normalized spacial score (nSPS) is 24.4. The zero-order valence-corrected chi connectivity index (χ0v) is 18.6. The number of carbonyl (C=O) groups excluding carboxylic acids is 2. The summed E-state index contributed by atoms with van der Waals surface area (Å²) in [7, 11) is 0. The van der Waals surface area contributed by atoms with Crippen molar-refractivity contribution in [2.45, 2.75) is 57.8 Å². The first-order chi connectivity index (χ1) is 15.3. The van der Waals surface area contributed by atoms with E-state index in [1.165, 1.54) is 18.6 Å². The molecule has 0 unspecified atom stereocenters. The number of rotatable bonds is 2. The van der Waals surface area contributed by atoms with Crippen molar-refractivity contribution in [3.63, 3.8) is 0 Å². The summed E-state index contributed by atoms with van der Waals surface area (Å²) in [5.41, 5.74) is 1.09. The topological polar surface area (TPSA) is 97.5 Å². The number of amides is 3. The van der Waals surface area contributed by atoms with Crippen LogP contribution in [0.2, 0.25) is 0 Å². The van der Waals surface area contributed by atoms with Crippen molar-refractivity contribution in [3.8, 4) is 0 Å². The number of H-pyrrole nitrogens is 1. The van der Waals surface area contributed by atoms with E-state index in [9.17, 15) is 14.0 Å². The number of aromatic amines is 1. The third-order valence-electron chi connectivity index (χ3n) is 7.08. The summed E-state index contributed by atoms with van der Waals surface area (Å²) in [4.78, 5) is 36.3. The van der Waals surface area contributed by atoms with Crippen LogP contribution in [-0.4, -0.2) is 73.5 Å². The van der Waals surface area contributed by atoms with Gasteiger partial charge in [0, 0.05) is 30.7 Å². The second-order valence-corrected chi connectivity index (χ2v) is 9.46. The molecule has 2 saturated heterocycles. The summed E-state index contributed by atoms with van der Waals surface area (Å²) in [6.07, 6.45) is 3.33. The first-order valence-electron chi connectivity index (χ1n) is 11.1. The number of halogens is 1. The van der Waals surface area contributed by atoms with E-state index in [0.717, 1.165) is 43.5 Å². The Morgan fingerprint density at radius 3 is 2.84 bits per heavy atom. The van der Waals surface area contributed by atoms with Crippen molar-refractivity contribution in [2.24, 2.45) is 0 Å². The van der Waals surface area contributed by atoms with Gasteiger partial charge in [0.15, 0.2) is 5.82 Å². The largest absolute Gasteiger partial charge is 0.321 e. The third kappa shape index (κ3) is 3.33. The number of nitrogens with zero attached hydrogens (tertiary/aromatic N) is 5. The molecular formula is C22H28FN7O2. The summed E-state index contributed by atoms with van der Waals surface area (Å²) in [5.74, 6) is -0.619. The molecule has 0 aromatic carbocycles. The maximum atomic E-state index is 13.6. The molecule has 3 aliphatic heterocycles. The maximum absolute atomic E-state index is 13.6. The summed E-state index contributed by atoms with van der Waals surface area (Å²) in [6, 6.07) is 3.11. The van der Waals surface area contributed by atoms with Gasteiger partial charge in [0.1, 0.15) is 11.5 Å². The number of nitrogens with one attached hydrogen (secondary N) is 2. The van der Waals surface area contributed by atoms with Crippen molar-refractivity contribution >= 4 is 17.8 Å². The number of urea groups is 1. The van der Waals surface area contributed by atoms with Crippen molar-refractivity contribution in [2.75, 3.05) is 25.0 Å². The molecule has 170 valence electrons. The van der Waals surface area contributed by atoms with Gasteiger partial charge in [-0.1, -0.05) is 0 Å². The Labute approximate surface area is 186 Å². The van der Waals surface area contributed by atoms with E-state index >= 15 is 0 Å². The number of fused-ring (bicyclic) bond motifs is 2. The monoisotopic (exact) mass is 441 g/mol. The number of pyridine rings is 1. The highest BCUT2D eigenvalue weighted by Crippen LogP contribution is 2.41. The van der Waals surface area contributed by atoms with Crippen LogP contribution in [0.15, 0.2) is 18.3 Å². The number of carbonyl (C=O) groups is 2. The molecule has 0 spiro atoms. The minimum Gasteiger partial charge on any atom is -0.319 e. The van der Waals surface area contributed by atoms with Crippen molar-refractivity contribution in [3.05, 3.63) is 41.1 Å². The Morgan fingerprint density at radius 2 is 2.09 bits per heavy atom. The smallest absolute Gasteiger partial charge is 0.319 e. The number of aromatic nitrogens is 3. The van der Waals surface area contributed by atoms with Gasteiger partial charge in [0.05, 0.1) is 24.0 Å². The zero-order valence-electron chi connectivity index (χ0n) is 18.6. The highest BCUT2D eigenvalue weighted by Gasteiger charge is 2.47. The summed E-state index contributed by atoms with van der Waals surface area (Å²) in [6.45, 7) is 9.20. The van der Waals surface area contributed by atoms with Crippen molar-refractivity contribution < 1.29 is 14.0 Å². The van der Waals surface area contributed by atoms with E-state index in [4.69, 9.17) is 0 Å². The van der Waals surface area contributed by atoms with Crippen LogP contribution >= 0.6 is 0 Å². The Balaban J connectivity index is 1.35. The fourth-order valence-electron chi connectivity index (χ4n) is 5.22. The van der Waals surface area contributed by atoms with Gasteiger partial charge >= 0.3 is 6.03 Å². The van der Waals surface area contributed by atoms with E-state index in [2.05, 4.69) is 32.3 Å². The van der Waals surface area contributed by atoms with Gasteiger partial charge in [0.2, 0.25) is 0 Å². The molecule has 0 radical (unpaired) electrons. The molecule has 2 atom stereocenters. The predicted octanol–water partition coefficient (Wildman–Crippen LogP) is 2.54. The fourth-order valence-corrected chi connectivity index (χ4v) is 5.22. The first-order valence-corrected chi connectivity index (χ1v) is 11.1. The molecular weight excluding hydrogens is 413 g/mol. The standard InChI is InChI=1S/C22H28FN7O2/c1-13-10-28-8-4-5-15(28)11-29(13)21(32)30-12-16-18(22(30,2)3)26-27-19(16)25-20(31)17-7-6-14(23)9-24-17/h6-7,9,13,15H,4-5,8,10-12H2,1-3H3,(H2,25,26,27,31)/t13-,15-/m0/s1. The minimum atomic E-state index is -0.594. The zero-order chi connectivity index (χ0) is 22.6. The Hall–Kier alpha value is -3.01. The van der Waals surface area contributed by atoms with Crippen LogP contribution in [0.3, 0.4) is 0 Å². The van der Waals surface area contributed by atoms with E-state index in [1.54, 1.807) is 0 Å². The van der Waals surface area contributed by atoms with Crippen molar-refractivity contribution in [1.82, 2.24) is 29.9 Å². The van der Waals surface area contributed by atoms with Gasteiger partial charge in [0.25, 0.3) is 5.91 Å².